The summed E-state index contributed by atoms with van der Waals surface area (Å²) in [5.74, 6) is 0. The number of nitrogens with zero attached hydrogens (tertiary/aromatic N) is 3. The van der Waals surface area contributed by atoms with Gasteiger partial charge >= 0.3 is 0 Å². The molecule has 3 rings (SSSR count). The molecule has 3 heterocycles. The van der Waals surface area contributed by atoms with Crippen LogP contribution in [0.2, 0.25) is 0 Å². The molecule has 0 spiro atoms. The van der Waals surface area contributed by atoms with E-state index in [1.54, 1.807) is 0 Å². The summed E-state index contributed by atoms with van der Waals surface area (Å²) in [5.41, 5.74) is 10.8. The van der Waals surface area contributed by atoms with Gasteiger partial charge in [0.05, 0.1) is 23.5 Å². The van der Waals surface area contributed by atoms with Gasteiger partial charge in [-0.15, -0.1) is 0 Å². The zero-order chi connectivity index (χ0) is 16.2. The molecular weight excluding hydrogens is 284 g/mol. The first kappa shape index (κ1) is 16.1. The molecule has 0 aliphatic carbocycles. The van der Waals surface area contributed by atoms with Crippen molar-refractivity contribution in [1.82, 2.24) is 14.9 Å². The molecule has 1 aliphatic heterocycles. The van der Waals surface area contributed by atoms with Crippen LogP contribution in [0.25, 0.3) is 0 Å². The first-order chi connectivity index (χ1) is 11.2. The van der Waals surface area contributed by atoms with E-state index < -0.39 is 0 Å². The lowest BCUT2D eigenvalue weighted by Gasteiger charge is -2.42. The highest BCUT2D eigenvalue weighted by Gasteiger charge is 2.34. The van der Waals surface area contributed by atoms with Crippen LogP contribution in [0.5, 0.6) is 0 Å². The minimum atomic E-state index is 0.333. The van der Waals surface area contributed by atoms with Crippen LogP contribution in [0.4, 0.5) is 0 Å². The molecular formula is C19H26N4. The van der Waals surface area contributed by atoms with Crippen LogP contribution >= 0.6 is 0 Å². The van der Waals surface area contributed by atoms with Crippen LogP contribution in [-0.2, 0) is 0 Å². The lowest BCUT2D eigenvalue weighted by atomic mass is 9.89. The third-order valence-corrected chi connectivity index (χ3v) is 4.87. The van der Waals surface area contributed by atoms with Gasteiger partial charge in [-0.3, -0.25) is 14.9 Å². The van der Waals surface area contributed by atoms with Crippen LogP contribution in [-0.4, -0.2) is 28.0 Å². The SMILES string of the molecule is Cc1cccnc1C1CCCC(c2ncccc2C)N1CCN. The van der Waals surface area contributed by atoms with Gasteiger partial charge in [0.25, 0.3) is 0 Å². The van der Waals surface area contributed by atoms with E-state index in [1.807, 2.05) is 24.5 Å². The van der Waals surface area contributed by atoms with E-state index >= 15 is 0 Å². The quantitative estimate of drug-likeness (QED) is 0.941. The monoisotopic (exact) mass is 310 g/mol. The number of pyridine rings is 2. The number of aryl methyl sites for hydroxylation is 2. The summed E-state index contributed by atoms with van der Waals surface area (Å²) >= 11 is 0. The highest BCUT2D eigenvalue weighted by atomic mass is 15.2. The maximum atomic E-state index is 5.93. The first-order valence-corrected chi connectivity index (χ1v) is 8.51. The molecule has 2 atom stereocenters. The minimum absolute atomic E-state index is 0.333. The van der Waals surface area contributed by atoms with Gasteiger partial charge in [-0.1, -0.05) is 12.1 Å². The summed E-state index contributed by atoms with van der Waals surface area (Å²) in [6, 6.07) is 8.99. The second-order valence-electron chi connectivity index (χ2n) is 6.40. The Morgan fingerprint density at radius 3 is 1.96 bits per heavy atom. The molecule has 122 valence electrons. The number of aromatic nitrogens is 2. The van der Waals surface area contributed by atoms with Crippen molar-refractivity contribution in [3.8, 4) is 0 Å². The molecule has 2 unspecified atom stereocenters. The number of hydrogen-bond acceptors (Lipinski definition) is 4. The zero-order valence-electron chi connectivity index (χ0n) is 14.1. The number of nitrogens with two attached hydrogens (primary N) is 1. The number of hydrogen-bond donors (Lipinski definition) is 1. The molecule has 0 saturated carbocycles. The normalized spacial score (nSPS) is 22.2. The van der Waals surface area contributed by atoms with Gasteiger partial charge in [0.2, 0.25) is 0 Å². The molecule has 23 heavy (non-hydrogen) atoms. The summed E-state index contributed by atoms with van der Waals surface area (Å²) in [6.07, 6.45) is 7.28. The van der Waals surface area contributed by atoms with Gasteiger partial charge in [0, 0.05) is 25.5 Å². The van der Waals surface area contributed by atoms with Crippen molar-refractivity contribution < 1.29 is 0 Å². The third-order valence-electron chi connectivity index (χ3n) is 4.87. The van der Waals surface area contributed by atoms with Crippen molar-refractivity contribution in [2.24, 2.45) is 5.73 Å². The molecule has 1 fully saturated rings. The highest BCUT2D eigenvalue weighted by molar-refractivity contribution is 5.25. The average Bonchev–Trinajstić information content (AvgIpc) is 2.57. The predicted molar refractivity (Wildman–Crippen MR) is 93.0 cm³/mol. The Kier molecular flexibility index (Phi) is 5.03. The van der Waals surface area contributed by atoms with E-state index in [0.29, 0.717) is 18.6 Å². The molecule has 0 bridgehead atoms. The van der Waals surface area contributed by atoms with Gasteiger partial charge in [0.15, 0.2) is 0 Å². The Hall–Kier alpha value is -1.78. The second kappa shape index (κ2) is 7.20. The Morgan fingerprint density at radius 2 is 1.52 bits per heavy atom. The standard InChI is InChI=1S/C19H26N4/c1-14-6-4-11-21-18(14)16-8-3-9-17(23(16)13-10-20)19-15(2)7-5-12-22-19/h4-7,11-12,16-17H,3,8-10,13,20H2,1-2H3. The summed E-state index contributed by atoms with van der Waals surface area (Å²) in [5, 5.41) is 0. The van der Waals surface area contributed by atoms with Gasteiger partial charge in [-0.05, 0) is 56.4 Å². The van der Waals surface area contributed by atoms with Gasteiger partial charge in [-0.2, -0.15) is 0 Å². The number of likely N-dealkylation sites (tertiary alicyclic amines) is 1. The molecule has 1 aliphatic rings. The molecule has 1 saturated heterocycles. The second-order valence-corrected chi connectivity index (χ2v) is 6.40. The van der Waals surface area contributed by atoms with E-state index in [1.165, 1.54) is 28.9 Å². The summed E-state index contributed by atoms with van der Waals surface area (Å²) in [7, 11) is 0. The van der Waals surface area contributed by atoms with E-state index in [9.17, 15) is 0 Å². The van der Waals surface area contributed by atoms with Crippen LogP contribution < -0.4 is 5.73 Å². The number of rotatable bonds is 4. The minimum Gasteiger partial charge on any atom is -0.329 e. The Balaban J connectivity index is 1.98. The van der Waals surface area contributed by atoms with Crippen LogP contribution in [0.3, 0.4) is 0 Å². The predicted octanol–water partition coefficient (Wildman–Crippen LogP) is 3.32. The lowest BCUT2D eigenvalue weighted by molar-refractivity contribution is 0.0798. The summed E-state index contributed by atoms with van der Waals surface area (Å²) < 4.78 is 0. The molecule has 2 aromatic rings. The van der Waals surface area contributed by atoms with Crippen molar-refractivity contribution in [1.29, 1.82) is 0 Å². The molecule has 0 radical (unpaired) electrons. The van der Waals surface area contributed by atoms with Crippen LogP contribution in [0, 0.1) is 13.8 Å². The molecule has 0 aromatic carbocycles. The van der Waals surface area contributed by atoms with Crippen molar-refractivity contribution >= 4 is 0 Å². The molecule has 4 nitrogen and oxygen atoms in total. The Morgan fingerprint density at radius 1 is 1.00 bits per heavy atom. The van der Waals surface area contributed by atoms with Crippen molar-refractivity contribution in [3.63, 3.8) is 0 Å². The fourth-order valence-corrected chi connectivity index (χ4v) is 3.80. The lowest BCUT2D eigenvalue weighted by Crippen LogP contribution is -2.40. The maximum Gasteiger partial charge on any atom is 0.0604 e. The Bertz CT molecular complexity index is 602. The van der Waals surface area contributed by atoms with Crippen molar-refractivity contribution in [3.05, 3.63) is 59.2 Å². The molecule has 4 heteroatoms. The molecule has 2 N–H and O–H groups in total. The average molecular weight is 310 g/mol. The van der Waals surface area contributed by atoms with Gasteiger partial charge < -0.3 is 5.73 Å². The number of piperidine rings is 1. The van der Waals surface area contributed by atoms with Gasteiger partial charge in [-0.25, -0.2) is 0 Å². The van der Waals surface area contributed by atoms with Gasteiger partial charge in [0.1, 0.15) is 0 Å². The summed E-state index contributed by atoms with van der Waals surface area (Å²) in [4.78, 5) is 11.9. The van der Waals surface area contributed by atoms with E-state index in [2.05, 4.69) is 40.8 Å². The van der Waals surface area contributed by atoms with Crippen LogP contribution in [0.1, 0.15) is 53.9 Å². The Labute approximate surface area is 138 Å². The van der Waals surface area contributed by atoms with E-state index in [-0.39, 0.29) is 0 Å². The largest absolute Gasteiger partial charge is 0.329 e. The fourth-order valence-electron chi connectivity index (χ4n) is 3.80. The fraction of sp³-hybridized carbons (Fsp3) is 0.474. The smallest absolute Gasteiger partial charge is 0.0604 e. The maximum absolute atomic E-state index is 5.93. The van der Waals surface area contributed by atoms with E-state index in [4.69, 9.17) is 5.73 Å². The topological polar surface area (TPSA) is 55.0 Å². The van der Waals surface area contributed by atoms with Crippen molar-refractivity contribution in [2.75, 3.05) is 13.1 Å². The molecule has 0 amide bonds. The van der Waals surface area contributed by atoms with Crippen LogP contribution in [0.15, 0.2) is 36.7 Å². The summed E-state index contributed by atoms with van der Waals surface area (Å²) in [6.45, 7) is 5.84. The third kappa shape index (κ3) is 3.28. The van der Waals surface area contributed by atoms with Crippen molar-refractivity contribution in [2.45, 2.75) is 45.2 Å². The highest BCUT2D eigenvalue weighted by Crippen LogP contribution is 2.41. The first-order valence-electron chi connectivity index (χ1n) is 8.51. The van der Waals surface area contributed by atoms with E-state index in [0.717, 1.165) is 19.4 Å². The zero-order valence-corrected chi connectivity index (χ0v) is 14.1. The molecule has 2 aromatic heterocycles.